The fourth-order valence-corrected chi connectivity index (χ4v) is 1.51. The molecule has 0 fully saturated rings. The van der Waals surface area contributed by atoms with E-state index in [4.69, 9.17) is 5.26 Å². The summed E-state index contributed by atoms with van der Waals surface area (Å²) in [5.41, 5.74) is 3.93. The second kappa shape index (κ2) is 3.98. The standard InChI is InChI=1S/C14H10N/c1-11-6-8-12(9-7-11)14-5-3-2-4-13(14)10-15/h3-9H,1H3. The van der Waals surface area contributed by atoms with E-state index in [1.807, 2.05) is 43.3 Å². The first-order chi connectivity index (χ1) is 7.31. The van der Waals surface area contributed by atoms with E-state index in [0.29, 0.717) is 5.56 Å². The molecule has 0 N–H and O–H groups in total. The Morgan fingerprint density at radius 2 is 1.87 bits per heavy atom. The molecule has 0 heterocycles. The van der Waals surface area contributed by atoms with E-state index < -0.39 is 0 Å². The highest BCUT2D eigenvalue weighted by molar-refractivity contribution is 5.70. The number of hydrogen-bond acceptors (Lipinski definition) is 1. The zero-order chi connectivity index (χ0) is 10.7. The summed E-state index contributed by atoms with van der Waals surface area (Å²) in [6.45, 7) is 2.05. The molecule has 1 radical (unpaired) electrons. The van der Waals surface area contributed by atoms with E-state index in [2.05, 4.69) is 12.1 Å². The zero-order valence-electron chi connectivity index (χ0n) is 8.49. The molecule has 2 aromatic rings. The second-order valence-corrected chi connectivity index (χ2v) is 3.45. The molecule has 71 valence electrons. The first kappa shape index (κ1) is 9.48. The average molecular weight is 192 g/mol. The molecule has 0 unspecified atom stereocenters. The van der Waals surface area contributed by atoms with Crippen LogP contribution in [-0.4, -0.2) is 0 Å². The molecule has 1 nitrogen and oxygen atoms in total. The fourth-order valence-electron chi connectivity index (χ4n) is 1.51. The predicted molar refractivity (Wildman–Crippen MR) is 60.2 cm³/mol. The number of aryl methyl sites for hydroxylation is 1. The van der Waals surface area contributed by atoms with Gasteiger partial charge in [0, 0.05) is 0 Å². The summed E-state index contributed by atoms with van der Waals surface area (Å²) in [5, 5.41) is 8.96. The summed E-state index contributed by atoms with van der Waals surface area (Å²) in [7, 11) is 0. The fraction of sp³-hybridized carbons (Fsp3) is 0.0714. The van der Waals surface area contributed by atoms with Crippen LogP contribution in [0.2, 0.25) is 0 Å². The van der Waals surface area contributed by atoms with Crippen LogP contribution < -0.4 is 0 Å². The summed E-state index contributed by atoms with van der Waals surface area (Å²) in [6, 6.07) is 18.7. The summed E-state index contributed by atoms with van der Waals surface area (Å²) >= 11 is 0. The van der Waals surface area contributed by atoms with Crippen LogP contribution in [0.25, 0.3) is 11.1 Å². The highest BCUT2D eigenvalue weighted by Crippen LogP contribution is 2.22. The number of nitriles is 1. The molecule has 0 aliphatic heterocycles. The molecule has 0 amide bonds. The van der Waals surface area contributed by atoms with Gasteiger partial charge in [-0.15, -0.1) is 0 Å². The van der Waals surface area contributed by atoms with E-state index in [1.54, 1.807) is 6.07 Å². The minimum atomic E-state index is 0.668. The normalized spacial score (nSPS) is 9.60. The van der Waals surface area contributed by atoms with Gasteiger partial charge in [-0.2, -0.15) is 5.26 Å². The van der Waals surface area contributed by atoms with Gasteiger partial charge in [-0.05, 0) is 30.2 Å². The van der Waals surface area contributed by atoms with Gasteiger partial charge in [0.2, 0.25) is 0 Å². The highest BCUT2D eigenvalue weighted by atomic mass is 14.2. The zero-order valence-corrected chi connectivity index (χ0v) is 8.49. The third-order valence-corrected chi connectivity index (χ3v) is 2.35. The van der Waals surface area contributed by atoms with Crippen LogP contribution in [0.5, 0.6) is 0 Å². The Kier molecular flexibility index (Phi) is 2.51. The van der Waals surface area contributed by atoms with E-state index in [1.165, 1.54) is 5.56 Å². The van der Waals surface area contributed by atoms with Gasteiger partial charge in [-0.1, -0.05) is 42.0 Å². The molecule has 15 heavy (non-hydrogen) atoms. The van der Waals surface area contributed by atoms with Crippen molar-refractivity contribution in [1.82, 2.24) is 0 Å². The van der Waals surface area contributed by atoms with Crippen LogP contribution in [-0.2, 0) is 0 Å². The minimum Gasteiger partial charge on any atom is -0.192 e. The second-order valence-electron chi connectivity index (χ2n) is 3.45. The topological polar surface area (TPSA) is 23.8 Å². The maximum Gasteiger partial charge on any atom is 0.0998 e. The molecular formula is C14H10N. The van der Waals surface area contributed by atoms with Gasteiger partial charge in [-0.3, -0.25) is 0 Å². The van der Waals surface area contributed by atoms with Gasteiger partial charge < -0.3 is 0 Å². The largest absolute Gasteiger partial charge is 0.192 e. The van der Waals surface area contributed by atoms with Crippen molar-refractivity contribution < 1.29 is 0 Å². The Hall–Kier alpha value is -2.07. The third-order valence-electron chi connectivity index (χ3n) is 2.35. The number of rotatable bonds is 1. The first-order valence-corrected chi connectivity index (χ1v) is 4.78. The van der Waals surface area contributed by atoms with Crippen LogP contribution >= 0.6 is 0 Å². The molecule has 0 aliphatic carbocycles. The molecule has 2 aromatic carbocycles. The summed E-state index contributed by atoms with van der Waals surface area (Å²) in [5.74, 6) is 0. The van der Waals surface area contributed by atoms with Crippen molar-refractivity contribution in [3.8, 4) is 17.2 Å². The maximum atomic E-state index is 8.96. The Morgan fingerprint density at radius 1 is 1.13 bits per heavy atom. The number of hydrogen-bond donors (Lipinski definition) is 0. The van der Waals surface area contributed by atoms with E-state index in [0.717, 1.165) is 11.1 Å². The van der Waals surface area contributed by atoms with Crippen LogP contribution in [0.3, 0.4) is 0 Å². The predicted octanol–water partition coefficient (Wildman–Crippen LogP) is 3.33. The van der Waals surface area contributed by atoms with Crippen LogP contribution in [0.4, 0.5) is 0 Å². The van der Waals surface area contributed by atoms with Crippen molar-refractivity contribution in [3.63, 3.8) is 0 Å². The Labute approximate surface area is 89.6 Å². The molecule has 0 aromatic heterocycles. The van der Waals surface area contributed by atoms with E-state index >= 15 is 0 Å². The summed E-state index contributed by atoms with van der Waals surface area (Å²) in [6.07, 6.45) is 0. The van der Waals surface area contributed by atoms with Crippen molar-refractivity contribution in [2.24, 2.45) is 0 Å². The van der Waals surface area contributed by atoms with Gasteiger partial charge >= 0.3 is 0 Å². The monoisotopic (exact) mass is 192 g/mol. The lowest BCUT2D eigenvalue weighted by molar-refractivity contribution is 1.45. The average Bonchev–Trinajstić information content (AvgIpc) is 2.30. The maximum absolute atomic E-state index is 8.96. The van der Waals surface area contributed by atoms with Crippen LogP contribution in [0, 0.1) is 24.3 Å². The van der Waals surface area contributed by atoms with Crippen molar-refractivity contribution >= 4 is 0 Å². The van der Waals surface area contributed by atoms with Gasteiger partial charge in [0.05, 0.1) is 11.6 Å². The van der Waals surface area contributed by atoms with E-state index in [-0.39, 0.29) is 0 Å². The van der Waals surface area contributed by atoms with Gasteiger partial charge in [0.15, 0.2) is 0 Å². The lowest BCUT2D eigenvalue weighted by atomic mass is 10.00. The number of nitrogens with zero attached hydrogens (tertiary/aromatic N) is 1. The molecule has 2 rings (SSSR count). The van der Waals surface area contributed by atoms with Crippen LogP contribution in [0.15, 0.2) is 42.5 Å². The van der Waals surface area contributed by atoms with Gasteiger partial charge in [-0.25, -0.2) is 0 Å². The summed E-state index contributed by atoms with van der Waals surface area (Å²) in [4.78, 5) is 0. The van der Waals surface area contributed by atoms with Crippen LogP contribution in [0.1, 0.15) is 11.1 Å². The Morgan fingerprint density at radius 3 is 2.53 bits per heavy atom. The molecular weight excluding hydrogens is 182 g/mol. The third kappa shape index (κ3) is 1.89. The molecule has 0 aliphatic rings. The quantitative estimate of drug-likeness (QED) is 0.679. The van der Waals surface area contributed by atoms with Gasteiger partial charge in [0.25, 0.3) is 0 Å². The number of benzene rings is 2. The molecule has 0 bridgehead atoms. The SMILES string of the molecule is Cc1ccc(-c2cc[c]cc2C#N)cc1. The smallest absolute Gasteiger partial charge is 0.0998 e. The Balaban J connectivity index is 2.55. The molecule has 0 atom stereocenters. The van der Waals surface area contributed by atoms with Crippen molar-refractivity contribution in [2.75, 3.05) is 0 Å². The van der Waals surface area contributed by atoms with Crippen molar-refractivity contribution in [1.29, 1.82) is 5.26 Å². The minimum absolute atomic E-state index is 0.668. The Bertz CT molecular complexity index is 504. The van der Waals surface area contributed by atoms with Crippen molar-refractivity contribution in [2.45, 2.75) is 6.92 Å². The lowest BCUT2D eigenvalue weighted by Gasteiger charge is -2.03. The lowest BCUT2D eigenvalue weighted by Crippen LogP contribution is -1.83. The van der Waals surface area contributed by atoms with Gasteiger partial charge in [0.1, 0.15) is 0 Å². The van der Waals surface area contributed by atoms with E-state index in [9.17, 15) is 0 Å². The van der Waals surface area contributed by atoms with Crippen molar-refractivity contribution in [3.05, 3.63) is 59.7 Å². The molecule has 0 spiro atoms. The first-order valence-electron chi connectivity index (χ1n) is 4.78. The molecule has 1 heteroatoms. The summed E-state index contributed by atoms with van der Waals surface area (Å²) < 4.78 is 0. The molecule has 0 saturated heterocycles. The molecule has 0 saturated carbocycles. The highest BCUT2D eigenvalue weighted by Gasteiger charge is 2.02.